The highest BCUT2D eigenvalue weighted by Crippen LogP contribution is 2.15. The predicted octanol–water partition coefficient (Wildman–Crippen LogP) is 0.762. The first-order valence-electron chi connectivity index (χ1n) is 4.42. The molecule has 1 rings (SSSR count). The van der Waals surface area contributed by atoms with Crippen LogP contribution >= 0.6 is 0 Å². The van der Waals surface area contributed by atoms with Gasteiger partial charge in [-0.05, 0) is 16.0 Å². The van der Waals surface area contributed by atoms with Crippen LogP contribution in [0.5, 0.6) is 0 Å². The van der Waals surface area contributed by atoms with E-state index < -0.39 is 38.4 Å². The Morgan fingerprint density at radius 3 is 2.47 bits per heavy atom. The highest BCUT2D eigenvalue weighted by molar-refractivity contribution is 7.89. The molecule has 0 bridgehead atoms. The van der Waals surface area contributed by atoms with Crippen LogP contribution in [0.15, 0.2) is 23.2 Å². The molecule has 1 heterocycles. The molecule has 1 aromatic rings. The van der Waals surface area contributed by atoms with Gasteiger partial charge in [0.2, 0.25) is 0 Å². The zero-order valence-corrected chi connectivity index (χ0v) is 9.73. The second-order valence-corrected chi connectivity index (χ2v) is 4.74. The third-order valence-electron chi connectivity index (χ3n) is 1.62. The van der Waals surface area contributed by atoms with Gasteiger partial charge in [-0.3, -0.25) is 4.84 Å². The Morgan fingerprint density at radius 2 is 2.05 bits per heavy atom. The molecule has 12 heteroatoms. The van der Waals surface area contributed by atoms with Gasteiger partial charge in [0.05, 0.1) is 0 Å². The minimum atomic E-state index is -4.70. The SMILES string of the molecule is O=[N+]([O-])c1ccc(S(=O)(=O)NOCC(F)(F)F)cn1. The Labute approximate surface area is 104 Å². The fourth-order valence-electron chi connectivity index (χ4n) is 0.876. The molecule has 106 valence electrons. The summed E-state index contributed by atoms with van der Waals surface area (Å²) in [5.74, 6) is -0.602. The number of nitrogens with one attached hydrogen (secondary N) is 1. The van der Waals surface area contributed by atoms with Crippen molar-refractivity contribution in [2.24, 2.45) is 0 Å². The molecule has 1 N–H and O–H groups in total. The number of nitro groups is 1. The number of sulfonamides is 1. The van der Waals surface area contributed by atoms with Gasteiger partial charge >= 0.3 is 12.0 Å². The minimum Gasteiger partial charge on any atom is -0.358 e. The van der Waals surface area contributed by atoms with Gasteiger partial charge in [-0.2, -0.15) is 13.2 Å². The molecule has 0 unspecified atom stereocenters. The molecule has 19 heavy (non-hydrogen) atoms. The maximum atomic E-state index is 11.7. The Balaban J connectivity index is 2.75. The van der Waals surface area contributed by atoms with E-state index in [0.29, 0.717) is 6.20 Å². The van der Waals surface area contributed by atoms with E-state index in [1.807, 2.05) is 0 Å². The van der Waals surface area contributed by atoms with Crippen molar-refractivity contribution in [2.45, 2.75) is 11.1 Å². The zero-order chi connectivity index (χ0) is 14.7. The van der Waals surface area contributed by atoms with E-state index in [0.717, 1.165) is 12.1 Å². The van der Waals surface area contributed by atoms with E-state index in [1.165, 1.54) is 4.89 Å². The van der Waals surface area contributed by atoms with Gasteiger partial charge in [-0.15, -0.1) is 0 Å². The first kappa shape index (κ1) is 15.3. The van der Waals surface area contributed by atoms with Crippen molar-refractivity contribution < 1.29 is 31.3 Å². The molecule has 1 aromatic heterocycles. The summed E-state index contributed by atoms with van der Waals surface area (Å²) < 4.78 is 58.0. The summed E-state index contributed by atoms with van der Waals surface area (Å²) in [6.45, 7) is -1.81. The number of rotatable bonds is 5. The summed E-state index contributed by atoms with van der Waals surface area (Å²) in [5, 5.41) is 10.3. The third-order valence-corrected chi connectivity index (χ3v) is 2.82. The van der Waals surface area contributed by atoms with Crippen LogP contribution in [0.1, 0.15) is 0 Å². The molecule has 0 radical (unpaired) electrons. The van der Waals surface area contributed by atoms with Gasteiger partial charge in [0.25, 0.3) is 10.0 Å². The molecular weight excluding hydrogens is 295 g/mol. The molecule has 0 atom stereocenters. The van der Waals surface area contributed by atoms with Crippen LogP contribution in [0.25, 0.3) is 0 Å². The van der Waals surface area contributed by atoms with Crippen molar-refractivity contribution in [1.82, 2.24) is 9.87 Å². The summed E-state index contributed by atoms with van der Waals surface area (Å²) in [6, 6.07) is 1.60. The number of alkyl halides is 3. The Kier molecular flexibility index (Phi) is 4.39. The number of pyridine rings is 1. The lowest BCUT2D eigenvalue weighted by Gasteiger charge is -2.08. The van der Waals surface area contributed by atoms with Gasteiger partial charge < -0.3 is 10.1 Å². The Morgan fingerprint density at radius 1 is 1.42 bits per heavy atom. The fourth-order valence-corrected chi connectivity index (χ4v) is 1.63. The second kappa shape index (κ2) is 5.46. The third kappa shape index (κ3) is 4.76. The molecule has 0 amide bonds. The molecule has 0 aliphatic heterocycles. The van der Waals surface area contributed by atoms with E-state index in [4.69, 9.17) is 0 Å². The number of nitrogens with zero attached hydrogens (tertiary/aromatic N) is 2. The van der Waals surface area contributed by atoms with Crippen LogP contribution in [0.4, 0.5) is 19.0 Å². The molecule has 0 saturated carbocycles. The van der Waals surface area contributed by atoms with Crippen LogP contribution in [0, 0.1) is 10.1 Å². The molecule has 0 aromatic carbocycles. The lowest BCUT2D eigenvalue weighted by Crippen LogP contribution is -2.29. The van der Waals surface area contributed by atoms with Crippen LogP contribution in [-0.4, -0.2) is 31.1 Å². The summed E-state index contributed by atoms with van der Waals surface area (Å²) >= 11 is 0. The van der Waals surface area contributed by atoms with Gasteiger partial charge in [-0.1, -0.05) is 4.89 Å². The van der Waals surface area contributed by atoms with Gasteiger partial charge in [-0.25, -0.2) is 8.42 Å². The highest BCUT2D eigenvalue weighted by Gasteiger charge is 2.29. The summed E-state index contributed by atoms with van der Waals surface area (Å²) in [4.78, 5) is 17.0. The minimum absolute atomic E-state index is 0.569. The monoisotopic (exact) mass is 301 g/mol. The molecule has 0 saturated heterocycles. The van der Waals surface area contributed by atoms with Crippen molar-refractivity contribution in [2.75, 3.05) is 6.61 Å². The normalized spacial score (nSPS) is 12.4. The predicted molar refractivity (Wildman–Crippen MR) is 53.2 cm³/mol. The van der Waals surface area contributed by atoms with Gasteiger partial charge in [0.15, 0.2) is 12.8 Å². The molecule has 0 aliphatic rings. The average molecular weight is 301 g/mol. The quantitative estimate of drug-likeness (QED) is 0.635. The van der Waals surface area contributed by atoms with Crippen molar-refractivity contribution in [3.05, 3.63) is 28.4 Å². The lowest BCUT2D eigenvalue weighted by molar-refractivity contribution is -0.389. The molecule has 0 fully saturated rings. The van der Waals surface area contributed by atoms with E-state index in [-0.39, 0.29) is 0 Å². The molecular formula is C7H6F3N3O5S. The topological polar surface area (TPSA) is 111 Å². The second-order valence-electron chi connectivity index (χ2n) is 3.10. The summed E-state index contributed by atoms with van der Waals surface area (Å²) in [7, 11) is -4.38. The average Bonchev–Trinajstić information content (AvgIpc) is 2.27. The van der Waals surface area contributed by atoms with Gasteiger partial charge in [0, 0.05) is 6.07 Å². The molecule has 0 aliphatic carbocycles. The van der Waals surface area contributed by atoms with E-state index in [1.54, 1.807) is 0 Å². The Bertz CT molecular complexity index is 556. The van der Waals surface area contributed by atoms with E-state index in [2.05, 4.69) is 9.82 Å². The number of hydrogen-bond acceptors (Lipinski definition) is 6. The maximum absolute atomic E-state index is 11.7. The van der Waals surface area contributed by atoms with Gasteiger partial charge in [0.1, 0.15) is 4.90 Å². The first-order chi connectivity index (χ1) is 8.62. The van der Waals surface area contributed by atoms with Crippen LogP contribution in [0.3, 0.4) is 0 Å². The summed E-state index contributed by atoms with van der Waals surface area (Å²) in [5.41, 5.74) is 0. The number of aromatic nitrogens is 1. The molecule has 0 spiro atoms. The zero-order valence-electron chi connectivity index (χ0n) is 8.92. The van der Waals surface area contributed by atoms with Crippen molar-refractivity contribution in [1.29, 1.82) is 0 Å². The van der Waals surface area contributed by atoms with E-state index in [9.17, 15) is 31.7 Å². The van der Waals surface area contributed by atoms with Crippen molar-refractivity contribution in [3.63, 3.8) is 0 Å². The lowest BCUT2D eigenvalue weighted by atomic mass is 10.5. The largest absolute Gasteiger partial charge is 0.413 e. The number of hydrogen-bond donors (Lipinski definition) is 1. The van der Waals surface area contributed by atoms with Crippen LogP contribution in [-0.2, 0) is 14.9 Å². The van der Waals surface area contributed by atoms with Crippen molar-refractivity contribution >= 4 is 15.8 Å². The standard InChI is InChI=1S/C7H6F3N3O5S/c8-7(9,10)4-18-12-19(16,17)5-1-2-6(11-3-5)13(14)15/h1-3,12H,4H2. The summed E-state index contributed by atoms with van der Waals surface area (Å²) in [6.07, 6.45) is -4.08. The van der Waals surface area contributed by atoms with Crippen LogP contribution < -0.4 is 4.89 Å². The van der Waals surface area contributed by atoms with E-state index >= 15 is 0 Å². The Hall–Kier alpha value is -1.79. The molecule has 8 nitrogen and oxygen atoms in total. The maximum Gasteiger partial charge on any atom is 0.413 e. The number of halogens is 3. The first-order valence-corrected chi connectivity index (χ1v) is 5.91. The van der Waals surface area contributed by atoms with Crippen LogP contribution in [0.2, 0.25) is 0 Å². The smallest absolute Gasteiger partial charge is 0.358 e. The fraction of sp³-hybridized carbons (Fsp3) is 0.286. The van der Waals surface area contributed by atoms with Crippen molar-refractivity contribution in [3.8, 4) is 0 Å². The highest BCUT2D eigenvalue weighted by atomic mass is 32.2.